The summed E-state index contributed by atoms with van der Waals surface area (Å²) in [6, 6.07) is 16.3. The molecule has 0 bridgehead atoms. The standard InChI is InChI=1S/C21H23NO5/c1-26-15-21(20(24)25)12-7-13-22(14-21)19(23)17-10-5-6-11-18(17)27-16-8-3-2-4-9-16/h2-6,8-11H,7,12-15H2,1H3,(H,24,25). The van der Waals surface area contributed by atoms with Crippen LogP contribution in [0.2, 0.25) is 0 Å². The smallest absolute Gasteiger partial charge is 0.313 e. The van der Waals surface area contributed by atoms with Gasteiger partial charge >= 0.3 is 5.97 Å². The van der Waals surface area contributed by atoms with E-state index in [2.05, 4.69) is 0 Å². The van der Waals surface area contributed by atoms with E-state index in [9.17, 15) is 14.7 Å². The first-order valence-corrected chi connectivity index (χ1v) is 8.89. The number of para-hydroxylation sites is 2. The molecule has 0 saturated carbocycles. The molecule has 6 nitrogen and oxygen atoms in total. The quantitative estimate of drug-likeness (QED) is 0.844. The molecule has 2 aromatic carbocycles. The van der Waals surface area contributed by atoms with Crippen LogP contribution in [-0.2, 0) is 9.53 Å². The third-order valence-corrected chi connectivity index (χ3v) is 4.83. The summed E-state index contributed by atoms with van der Waals surface area (Å²) in [7, 11) is 1.48. The number of likely N-dealkylation sites (tertiary alicyclic amines) is 1. The lowest BCUT2D eigenvalue weighted by Gasteiger charge is -2.39. The Balaban J connectivity index is 1.84. The fourth-order valence-electron chi connectivity index (χ4n) is 3.45. The lowest BCUT2D eigenvalue weighted by molar-refractivity contribution is -0.155. The van der Waals surface area contributed by atoms with Gasteiger partial charge in [0.05, 0.1) is 12.2 Å². The van der Waals surface area contributed by atoms with Gasteiger partial charge in [-0.25, -0.2) is 0 Å². The summed E-state index contributed by atoms with van der Waals surface area (Å²) in [5.74, 6) is -0.0822. The highest BCUT2D eigenvalue weighted by molar-refractivity contribution is 5.97. The van der Waals surface area contributed by atoms with E-state index < -0.39 is 11.4 Å². The highest BCUT2D eigenvalue weighted by Gasteiger charge is 2.44. The minimum Gasteiger partial charge on any atom is -0.481 e. The Labute approximate surface area is 158 Å². The first-order valence-electron chi connectivity index (χ1n) is 8.89. The second kappa shape index (κ2) is 8.22. The van der Waals surface area contributed by atoms with Crippen LogP contribution in [-0.4, -0.2) is 48.7 Å². The zero-order valence-corrected chi connectivity index (χ0v) is 15.3. The van der Waals surface area contributed by atoms with Crippen molar-refractivity contribution in [2.24, 2.45) is 5.41 Å². The number of aliphatic carboxylic acids is 1. The Kier molecular flexibility index (Phi) is 5.76. The van der Waals surface area contributed by atoms with Crippen LogP contribution in [0.25, 0.3) is 0 Å². The molecule has 6 heteroatoms. The topological polar surface area (TPSA) is 76.1 Å². The monoisotopic (exact) mass is 369 g/mol. The third-order valence-electron chi connectivity index (χ3n) is 4.83. The van der Waals surface area contributed by atoms with E-state index in [4.69, 9.17) is 9.47 Å². The van der Waals surface area contributed by atoms with Gasteiger partial charge in [-0.2, -0.15) is 0 Å². The normalized spacial score (nSPS) is 19.5. The number of methoxy groups -OCH3 is 1. The minimum absolute atomic E-state index is 0.0777. The van der Waals surface area contributed by atoms with Crippen molar-refractivity contribution in [3.8, 4) is 11.5 Å². The van der Waals surface area contributed by atoms with Crippen LogP contribution in [0.1, 0.15) is 23.2 Å². The van der Waals surface area contributed by atoms with Gasteiger partial charge in [-0.15, -0.1) is 0 Å². The maximum atomic E-state index is 13.1. The zero-order valence-electron chi connectivity index (χ0n) is 15.3. The van der Waals surface area contributed by atoms with Gasteiger partial charge in [-0.05, 0) is 37.1 Å². The van der Waals surface area contributed by atoms with Crippen LogP contribution in [0.3, 0.4) is 0 Å². The van der Waals surface area contributed by atoms with Gasteiger partial charge < -0.3 is 19.5 Å². The van der Waals surface area contributed by atoms with E-state index in [0.29, 0.717) is 36.4 Å². The van der Waals surface area contributed by atoms with Crippen molar-refractivity contribution in [2.75, 3.05) is 26.8 Å². The number of benzene rings is 2. The molecule has 1 aliphatic heterocycles. The van der Waals surface area contributed by atoms with E-state index in [0.717, 1.165) is 0 Å². The van der Waals surface area contributed by atoms with Gasteiger partial charge in [0.25, 0.3) is 5.91 Å². The maximum Gasteiger partial charge on any atom is 0.313 e. The number of hydrogen-bond donors (Lipinski definition) is 1. The molecule has 142 valence electrons. The molecule has 0 aliphatic carbocycles. The molecule has 3 rings (SSSR count). The van der Waals surface area contributed by atoms with Crippen molar-refractivity contribution >= 4 is 11.9 Å². The number of rotatable bonds is 6. The Morgan fingerprint density at radius 1 is 1.11 bits per heavy atom. The molecule has 1 atom stereocenters. The lowest BCUT2D eigenvalue weighted by atomic mass is 9.80. The zero-order chi connectivity index (χ0) is 19.3. The van der Waals surface area contributed by atoms with Gasteiger partial charge in [0.15, 0.2) is 0 Å². The number of carboxylic acid groups (broad SMARTS) is 1. The van der Waals surface area contributed by atoms with Crippen LogP contribution in [0.5, 0.6) is 11.5 Å². The van der Waals surface area contributed by atoms with Gasteiger partial charge in [0.2, 0.25) is 0 Å². The number of amides is 1. The number of hydrogen-bond acceptors (Lipinski definition) is 4. The molecule has 1 N–H and O–H groups in total. The van der Waals surface area contributed by atoms with Crippen LogP contribution >= 0.6 is 0 Å². The average Bonchev–Trinajstić information content (AvgIpc) is 2.69. The number of carbonyl (C=O) groups is 2. The summed E-state index contributed by atoms with van der Waals surface area (Å²) < 4.78 is 11.0. The fraction of sp³-hybridized carbons (Fsp3) is 0.333. The molecule has 2 aromatic rings. The molecule has 1 fully saturated rings. The van der Waals surface area contributed by atoms with Crippen LogP contribution in [0.15, 0.2) is 54.6 Å². The van der Waals surface area contributed by atoms with Crippen LogP contribution in [0, 0.1) is 5.41 Å². The second-order valence-corrected chi connectivity index (χ2v) is 6.76. The summed E-state index contributed by atoms with van der Waals surface area (Å²) in [6.45, 7) is 0.709. The predicted octanol–water partition coefficient (Wildman–Crippen LogP) is 3.43. The SMILES string of the molecule is COCC1(C(=O)O)CCCN(C(=O)c2ccccc2Oc2ccccc2)C1. The van der Waals surface area contributed by atoms with E-state index in [-0.39, 0.29) is 19.1 Å². The minimum atomic E-state index is -1.07. The molecule has 27 heavy (non-hydrogen) atoms. The Morgan fingerprint density at radius 2 is 1.81 bits per heavy atom. The van der Waals surface area contributed by atoms with Gasteiger partial charge in [0.1, 0.15) is 16.9 Å². The highest BCUT2D eigenvalue weighted by Crippen LogP contribution is 2.33. The maximum absolute atomic E-state index is 13.1. The van der Waals surface area contributed by atoms with Gasteiger partial charge in [0, 0.05) is 20.2 Å². The third kappa shape index (κ3) is 4.11. The van der Waals surface area contributed by atoms with E-state index in [1.807, 2.05) is 30.3 Å². The Bertz CT molecular complexity index is 803. The summed E-state index contributed by atoms with van der Waals surface area (Å²) in [5, 5.41) is 9.70. The molecule has 1 saturated heterocycles. The summed E-state index contributed by atoms with van der Waals surface area (Å²) in [5.41, 5.74) is -0.655. The lowest BCUT2D eigenvalue weighted by Crippen LogP contribution is -2.52. The van der Waals surface area contributed by atoms with Crippen LogP contribution in [0.4, 0.5) is 0 Å². The molecule has 0 spiro atoms. The van der Waals surface area contributed by atoms with Crippen molar-refractivity contribution in [2.45, 2.75) is 12.8 Å². The van der Waals surface area contributed by atoms with E-state index >= 15 is 0 Å². The van der Waals surface area contributed by atoms with Crippen LogP contribution < -0.4 is 4.74 Å². The van der Waals surface area contributed by atoms with Gasteiger partial charge in [-0.1, -0.05) is 30.3 Å². The number of carbonyl (C=O) groups excluding carboxylic acids is 1. The van der Waals surface area contributed by atoms with Crippen molar-refractivity contribution < 1.29 is 24.2 Å². The fourth-order valence-corrected chi connectivity index (χ4v) is 3.45. The molecule has 0 aromatic heterocycles. The molecule has 1 heterocycles. The number of nitrogens with zero attached hydrogens (tertiary/aromatic N) is 1. The number of carboxylic acids is 1. The Hall–Kier alpha value is -2.86. The Morgan fingerprint density at radius 3 is 2.52 bits per heavy atom. The largest absolute Gasteiger partial charge is 0.481 e. The molecule has 0 radical (unpaired) electrons. The van der Waals surface area contributed by atoms with E-state index in [1.54, 1.807) is 29.2 Å². The first kappa shape index (κ1) is 18.9. The van der Waals surface area contributed by atoms with Crippen molar-refractivity contribution in [3.63, 3.8) is 0 Å². The summed E-state index contributed by atoms with van der Waals surface area (Å²) in [4.78, 5) is 26.6. The van der Waals surface area contributed by atoms with Crippen molar-refractivity contribution in [1.29, 1.82) is 0 Å². The predicted molar refractivity (Wildman–Crippen MR) is 100 cm³/mol. The highest BCUT2D eigenvalue weighted by atomic mass is 16.5. The summed E-state index contributed by atoms with van der Waals surface area (Å²) >= 11 is 0. The molecular formula is C21H23NO5. The number of piperidine rings is 1. The molecule has 1 aliphatic rings. The molecule has 1 amide bonds. The molecular weight excluding hydrogens is 346 g/mol. The molecule has 1 unspecified atom stereocenters. The average molecular weight is 369 g/mol. The second-order valence-electron chi connectivity index (χ2n) is 6.76. The van der Waals surface area contributed by atoms with Crippen molar-refractivity contribution in [1.82, 2.24) is 4.90 Å². The van der Waals surface area contributed by atoms with Crippen molar-refractivity contribution in [3.05, 3.63) is 60.2 Å². The van der Waals surface area contributed by atoms with E-state index in [1.165, 1.54) is 7.11 Å². The van der Waals surface area contributed by atoms with Gasteiger partial charge in [-0.3, -0.25) is 9.59 Å². The first-order chi connectivity index (χ1) is 13.1. The number of ether oxygens (including phenoxy) is 2. The summed E-state index contributed by atoms with van der Waals surface area (Å²) in [6.07, 6.45) is 1.10.